The zero-order chi connectivity index (χ0) is 17.2. The first-order valence-corrected chi connectivity index (χ1v) is 11.8. The fourth-order valence-electron chi connectivity index (χ4n) is 2.71. The van der Waals surface area contributed by atoms with E-state index in [1.54, 1.807) is 4.90 Å². The van der Waals surface area contributed by atoms with Crippen molar-refractivity contribution in [3.8, 4) is 0 Å². The van der Waals surface area contributed by atoms with Gasteiger partial charge >= 0.3 is 0 Å². The van der Waals surface area contributed by atoms with Crippen LogP contribution in [-0.2, 0) is 14.6 Å². The number of anilines is 1. The molecule has 1 aliphatic carbocycles. The first-order valence-electron chi connectivity index (χ1n) is 8.19. The maximum Gasteiger partial charge on any atom is 0.233 e. The van der Waals surface area contributed by atoms with Crippen LogP contribution in [0.25, 0.3) is 0 Å². The van der Waals surface area contributed by atoms with E-state index in [-0.39, 0.29) is 29.2 Å². The Hall–Kier alpha value is -0.870. The van der Waals surface area contributed by atoms with Gasteiger partial charge < -0.3 is 10.2 Å². The Labute approximate surface area is 150 Å². The first-order chi connectivity index (χ1) is 11.5. The average Bonchev–Trinajstić information content (AvgIpc) is 3.11. The molecule has 0 radical (unpaired) electrons. The van der Waals surface area contributed by atoms with E-state index < -0.39 is 9.84 Å². The molecule has 0 bridgehead atoms. The van der Waals surface area contributed by atoms with Gasteiger partial charge in [0, 0.05) is 18.6 Å². The summed E-state index contributed by atoms with van der Waals surface area (Å²) in [6.45, 7) is 2.60. The third kappa shape index (κ3) is 4.82. The van der Waals surface area contributed by atoms with Crippen LogP contribution >= 0.6 is 23.1 Å². The zero-order valence-electron chi connectivity index (χ0n) is 13.6. The minimum Gasteiger partial charge on any atom is -0.357 e. The van der Waals surface area contributed by atoms with Crippen LogP contribution in [0.5, 0.6) is 0 Å². The largest absolute Gasteiger partial charge is 0.357 e. The summed E-state index contributed by atoms with van der Waals surface area (Å²) in [6, 6.07) is 0.353. The van der Waals surface area contributed by atoms with E-state index in [2.05, 4.69) is 15.5 Å². The molecule has 1 saturated carbocycles. The second-order valence-electron chi connectivity index (χ2n) is 6.22. The molecule has 2 heterocycles. The maximum absolute atomic E-state index is 12.6. The summed E-state index contributed by atoms with van der Waals surface area (Å²) in [5.74, 6) is 0.535. The van der Waals surface area contributed by atoms with Crippen molar-refractivity contribution in [2.75, 3.05) is 29.1 Å². The molecule has 1 atom stereocenters. The molecular weight excluding hydrogens is 368 g/mol. The summed E-state index contributed by atoms with van der Waals surface area (Å²) in [4.78, 5) is 14.3. The Morgan fingerprint density at radius 1 is 1.38 bits per heavy atom. The van der Waals surface area contributed by atoms with E-state index >= 15 is 0 Å². The average molecular weight is 391 g/mol. The highest BCUT2D eigenvalue weighted by Crippen LogP contribution is 2.30. The topological polar surface area (TPSA) is 92.3 Å². The SMILES string of the molecule is CCCN(C(=O)CSc1nnc(NC2CC2)s1)[C@H]1CCS(=O)(=O)C1. The zero-order valence-corrected chi connectivity index (χ0v) is 16.1. The van der Waals surface area contributed by atoms with Crippen molar-refractivity contribution < 1.29 is 13.2 Å². The molecule has 0 spiro atoms. The number of thioether (sulfide) groups is 1. The van der Waals surface area contributed by atoms with Crippen LogP contribution in [0.3, 0.4) is 0 Å². The summed E-state index contributed by atoms with van der Waals surface area (Å²) in [7, 11) is -2.99. The van der Waals surface area contributed by atoms with Gasteiger partial charge in [-0.1, -0.05) is 30.0 Å². The number of amides is 1. The van der Waals surface area contributed by atoms with Crippen LogP contribution in [0.1, 0.15) is 32.6 Å². The predicted molar refractivity (Wildman–Crippen MR) is 96.3 cm³/mol. The highest BCUT2D eigenvalue weighted by Gasteiger charge is 2.34. The lowest BCUT2D eigenvalue weighted by molar-refractivity contribution is -0.130. The molecule has 1 aromatic rings. The lowest BCUT2D eigenvalue weighted by Crippen LogP contribution is -2.42. The van der Waals surface area contributed by atoms with Gasteiger partial charge in [0.1, 0.15) is 0 Å². The molecule has 1 aliphatic heterocycles. The number of rotatable bonds is 8. The van der Waals surface area contributed by atoms with E-state index in [1.807, 2.05) is 6.92 Å². The minimum atomic E-state index is -2.99. The highest BCUT2D eigenvalue weighted by molar-refractivity contribution is 8.01. The van der Waals surface area contributed by atoms with E-state index in [0.29, 0.717) is 19.0 Å². The third-order valence-electron chi connectivity index (χ3n) is 4.06. The van der Waals surface area contributed by atoms with Crippen LogP contribution in [0.2, 0.25) is 0 Å². The minimum absolute atomic E-state index is 0.0177. The summed E-state index contributed by atoms with van der Waals surface area (Å²) in [6.07, 6.45) is 3.72. The van der Waals surface area contributed by atoms with Gasteiger partial charge in [-0.15, -0.1) is 10.2 Å². The second kappa shape index (κ2) is 7.57. The van der Waals surface area contributed by atoms with Crippen molar-refractivity contribution in [2.45, 2.75) is 49.0 Å². The summed E-state index contributed by atoms with van der Waals surface area (Å²) < 4.78 is 24.1. The number of nitrogens with zero attached hydrogens (tertiary/aromatic N) is 3. The predicted octanol–water partition coefficient (Wildman–Crippen LogP) is 1.63. The van der Waals surface area contributed by atoms with Gasteiger partial charge in [0.2, 0.25) is 11.0 Å². The highest BCUT2D eigenvalue weighted by atomic mass is 32.2. The van der Waals surface area contributed by atoms with Crippen LogP contribution in [0.15, 0.2) is 4.34 Å². The van der Waals surface area contributed by atoms with Crippen molar-refractivity contribution in [2.24, 2.45) is 0 Å². The van der Waals surface area contributed by atoms with Crippen molar-refractivity contribution in [1.29, 1.82) is 0 Å². The van der Waals surface area contributed by atoms with Crippen LogP contribution < -0.4 is 5.32 Å². The number of sulfone groups is 1. The normalized spacial score (nSPS) is 22.5. The van der Waals surface area contributed by atoms with Crippen molar-refractivity contribution in [1.82, 2.24) is 15.1 Å². The molecule has 24 heavy (non-hydrogen) atoms. The Bertz CT molecular complexity index is 687. The summed E-state index contributed by atoms with van der Waals surface area (Å²) in [5.41, 5.74) is 0. The van der Waals surface area contributed by atoms with Gasteiger partial charge in [-0.25, -0.2) is 8.42 Å². The molecule has 1 saturated heterocycles. The molecule has 7 nitrogen and oxygen atoms in total. The molecule has 1 aromatic heterocycles. The molecule has 0 aromatic carbocycles. The van der Waals surface area contributed by atoms with Gasteiger partial charge in [0.25, 0.3) is 0 Å². The number of nitrogens with one attached hydrogen (secondary N) is 1. The number of carbonyl (C=O) groups is 1. The fourth-order valence-corrected chi connectivity index (χ4v) is 6.15. The van der Waals surface area contributed by atoms with Gasteiger partial charge in [-0.05, 0) is 25.7 Å². The number of carbonyl (C=O) groups excluding carboxylic acids is 1. The van der Waals surface area contributed by atoms with Crippen molar-refractivity contribution in [3.63, 3.8) is 0 Å². The Balaban J connectivity index is 1.54. The van der Waals surface area contributed by atoms with Crippen LogP contribution in [0.4, 0.5) is 5.13 Å². The molecule has 1 amide bonds. The molecule has 134 valence electrons. The Morgan fingerprint density at radius 3 is 2.79 bits per heavy atom. The van der Waals surface area contributed by atoms with E-state index in [4.69, 9.17) is 0 Å². The first kappa shape index (κ1) is 17.9. The van der Waals surface area contributed by atoms with E-state index in [1.165, 1.54) is 35.9 Å². The molecular formula is C14H22N4O3S3. The van der Waals surface area contributed by atoms with Gasteiger partial charge in [0.05, 0.1) is 17.3 Å². The third-order valence-corrected chi connectivity index (χ3v) is 7.79. The lowest BCUT2D eigenvalue weighted by atomic mass is 10.2. The van der Waals surface area contributed by atoms with Crippen molar-refractivity contribution in [3.05, 3.63) is 0 Å². The molecule has 0 unspecified atom stereocenters. The molecule has 2 aliphatic rings. The smallest absolute Gasteiger partial charge is 0.233 e. The Kier molecular flexibility index (Phi) is 5.66. The lowest BCUT2D eigenvalue weighted by Gasteiger charge is -2.27. The fraction of sp³-hybridized carbons (Fsp3) is 0.786. The van der Waals surface area contributed by atoms with Crippen LogP contribution in [0, 0.1) is 0 Å². The second-order valence-corrected chi connectivity index (χ2v) is 10.7. The summed E-state index contributed by atoms with van der Waals surface area (Å²) in [5, 5.41) is 12.3. The number of hydrogen-bond donors (Lipinski definition) is 1. The maximum atomic E-state index is 12.6. The molecule has 10 heteroatoms. The Morgan fingerprint density at radius 2 is 2.17 bits per heavy atom. The van der Waals surface area contributed by atoms with E-state index in [9.17, 15) is 13.2 Å². The molecule has 2 fully saturated rings. The van der Waals surface area contributed by atoms with Gasteiger partial charge in [-0.3, -0.25) is 4.79 Å². The van der Waals surface area contributed by atoms with Gasteiger partial charge in [0.15, 0.2) is 14.2 Å². The summed E-state index contributed by atoms with van der Waals surface area (Å²) >= 11 is 2.84. The van der Waals surface area contributed by atoms with Gasteiger partial charge in [-0.2, -0.15) is 0 Å². The monoisotopic (exact) mass is 390 g/mol. The number of hydrogen-bond acceptors (Lipinski definition) is 8. The standard InChI is InChI=1S/C14H22N4O3S3/c1-2-6-18(11-5-7-24(20,21)9-11)12(19)8-22-14-17-16-13(23-14)15-10-3-4-10/h10-11H,2-9H2,1H3,(H,15,16)/t11-/m0/s1. The van der Waals surface area contributed by atoms with Crippen LogP contribution in [-0.4, -0.2) is 65.3 Å². The molecule has 3 rings (SSSR count). The quantitative estimate of drug-likeness (QED) is 0.674. The van der Waals surface area contributed by atoms with Crippen molar-refractivity contribution >= 4 is 44.0 Å². The number of aromatic nitrogens is 2. The van der Waals surface area contributed by atoms with E-state index in [0.717, 1.165) is 15.9 Å². The molecule has 1 N–H and O–H groups in total.